The second-order valence-corrected chi connectivity index (χ2v) is 3.92. The number of carbonyl (C=O) groups excluding carboxylic acids is 2. The van der Waals surface area contributed by atoms with Crippen LogP contribution in [0.3, 0.4) is 0 Å². The molecule has 0 aliphatic rings. The average Bonchev–Trinajstić information content (AvgIpc) is 2.25. The monoisotopic (exact) mass is 231 g/mol. The van der Waals surface area contributed by atoms with E-state index in [2.05, 4.69) is 5.32 Å². The summed E-state index contributed by atoms with van der Waals surface area (Å²) in [5.74, 6) is 0.0967. The first kappa shape index (κ1) is 13.2. The van der Waals surface area contributed by atoms with Gasteiger partial charge in [0.15, 0.2) is 0 Å². The number of ketones is 1. The van der Waals surface area contributed by atoms with E-state index in [1.54, 1.807) is 6.92 Å². The molecule has 1 amide bonds. The molecule has 0 radical (unpaired) electrons. The van der Waals surface area contributed by atoms with Crippen molar-refractivity contribution in [2.24, 2.45) is 0 Å². The molecular formula is C14H17NO2. The first-order valence-corrected chi connectivity index (χ1v) is 5.58. The van der Waals surface area contributed by atoms with Crippen molar-refractivity contribution in [2.75, 3.05) is 6.54 Å². The average molecular weight is 231 g/mol. The second-order valence-electron chi connectivity index (χ2n) is 3.92. The molecule has 0 heterocycles. The highest BCUT2D eigenvalue weighted by Gasteiger charge is 2.01. The molecule has 1 aromatic rings. The van der Waals surface area contributed by atoms with Crippen LogP contribution in [-0.4, -0.2) is 18.2 Å². The number of carbonyl (C=O) groups is 2. The molecule has 1 aromatic carbocycles. The van der Waals surface area contributed by atoms with E-state index in [-0.39, 0.29) is 11.7 Å². The topological polar surface area (TPSA) is 46.2 Å². The molecular weight excluding hydrogens is 214 g/mol. The van der Waals surface area contributed by atoms with Crippen molar-refractivity contribution < 1.29 is 9.59 Å². The van der Waals surface area contributed by atoms with Crippen molar-refractivity contribution in [1.29, 1.82) is 0 Å². The summed E-state index contributed by atoms with van der Waals surface area (Å²) in [6.07, 6.45) is 4.25. The summed E-state index contributed by atoms with van der Waals surface area (Å²) >= 11 is 0. The van der Waals surface area contributed by atoms with Gasteiger partial charge in [0, 0.05) is 19.9 Å². The van der Waals surface area contributed by atoms with Crippen LogP contribution in [0, 0.1) is 0 Å². The quantitative estimate of drug-likeness (QED) is 0.842. The van der Waals surface area contributed by atoms with Gasteiger partial charge in [-0.1, -0.05) is 36.4 Å². The standard InChI is InChI=1S/C14H17NO2/c1-11(16)10-14-7-4-3-6-13(14)8-5-9-15-12(2)17/h3-8H,9-10H2,1-2H3,(H,15,17). The van der Waals surface area contributed by atoms with Gasteiger partial charge >= 0.3 is 0 Å². The Hall–Kier alpha value is -1.90. The molecule has 1 N–H and O–H groups in total. The number of hydrogen-bond acceptors (Lipinski definition) is 2. The fourth-order valence-corrected chi connectivity index (χ4v) is 1.51. The molecule has 0 unspecified atom stereocenters. The van der Waals surface area contributed by atoms with Crippen molar-refractivity contribution in [2.45, 2.75) is 20.3 Å². The Morgan fingerprint density at radius 3 is 2.59 bits per heavy atom. The van der Waals surface area contributed by atoms with Gasteiger partial charge in [0.05, 0.1) is 0 Å². The first-order chi connectivity index (χ1) is 8.09. The maximum atomic E-state index is 11.1. The Morgan fingerprint density at radius 2 is 1.94 bits per heavy atom. The van der Waals surface area contributed by atoms with Gasteiger partial charge in [0.1, 0.15) is 5.78 Å². The summed E-state index contributed by atoms with van der Waals surface area (Å²) in [5.41, 5.74) is 2.03. The molecule has 0 aliphatic carbocycles. The van der Waals surface area contributed by atoms with E-state index in [0.29, 0.717) is 13.0 Å². The SMILES string of the molecule is CC(=O)Cc1ccccc1C=CCNC(C)=O. The van der Waals surface area contributed by atoms with Gasteiger partial charge < -0.3 is 5.32 Å². The summed E-state index contributed by atoms with van der Waals surface area (Å²) in [4.78, 5) is 21.8. The molecule has 3 nitrogen and oxygen atoms in total. The van der Waals surface area contributed by atoms with Crippen LogP contribution >= 0.6 is 0 Å². The van der Waals surface area contributed by atoms with Crippen LogP contribution in [0.2, 0.25) is 0 Å². The predicted molar refractivity (Wildman–Crippen MR) is 68.5 cm³/mol. The van der Waals surface area contributed by atoms with Crippen LogP contribution in [0.15, 0.2) is 30.3 Å². The van der Waals surface area contributed by atoms with Crippen LogP contribution in [0.4, 0.5) is 0 Å². The first-order valence-electron chi connectivity index (χ1n) is 5.58. The van der Waals surface area contributed by atoms with Crippen LogP contribution in [-0.2, 0) is 16.0 Å². The smallest absolute Gasteiger partial charge is 0.217 e. The molecule has 0 saturated heterocycles. The molecule has 0 aliphatic heterocycles. The third kappa shape index (κ3) is 5.11. The largest absolute Gasteiger partial charge is 0.353 e. The van der Waals surface area contributed by atoms with E-state index in [1.165, 1.54) is 6.92 Å². The molecule has 0 spiro atoms. The number of Topliss-reactive ketones (excluding diaryl/α,β-unsaturated/α-hetero) is 1. The molecule has 17 heavy (non-hydrogen) atoms. The van der Waals surface area contributed by atoms with Gasteiger partial charge in [0.2, 0.25) is 5.91 Å². The van der Waals surface area contributed by atoms with Crippen molar-refractivity contribution in [3.05, 3.63) is 41.5 Å². The fraction of sp³-hybridized carbons (Fsp3) is 0.286. The van der Waals surface area contributed by atoms with E-state index in [1.807, 2.05) is 36.4 Å². The van der Waals surface area contributed by atoms with Crippen LogP contribution in [0.1, 0.15) is 25.0 Å². The lowest BCUT2D eigenvalue weighted by Crippen LogP contribution is -2.19. The maximum absolute atomic E-state index is 11.1. The Morgan fingerprint density at radius 1 is 1.24 bits per heavy atom. The van der Waals surface area contributed by atoms with Gasteiger partial charge in [-0.05, 0) is 18.1 Å². The van der Waals surface area contributed by atoms with Gasteiger partial charge in [-0.15, -0.1) is 0 Å². The normalized spacial score (nSPS) is 10.5. The maximum Gasteiger partial charge on any atom is 0.217 e. The predicted octanol–water partition coefficient (Wildman–Crippen LogP) is 1.97. The summed E-state index contributed by atoms with van der Waals surface area (Å²) in [5, 5.41) is 2.68. The Kier molecular flexibility index (Phi) is 5.14. The van der Waals surface area contributed by atoms with E-state index < -0.39 is 0 Å². The minimum Gasteiger partial charge on any atom is -0.353 e. The Labute approximate surface area is 102 Å². The third-order valence-electron chi connectivity index (χ3n) is 2.26. The van der Waals surface area contributed by atoms with Crippen molar-refractivity contribution in [3.63, 3.8) is 0 Å². The molecule has 0 fully saturated rings. The lowest BCUT2D eigenvalue weighted by Gasteiger charge is -2.03. The second kappa shape index (κ2) is 6.63. The summed E-state index contributed by atoms with van der Waals surface area (Å²) in [6, 6.07) is 7.76. The molecule has 0 saturated carbocycles. The van der Waals surface area contributed by atoms with E-state index in [9.17, 15) is 9.59 Å². The summed E-state index contributed by atoms with van der Waals surface area (Å²) < 4.78 is 0. The van der Waals surface area contributed by atoms with Gasteiger partial charge in [-0.2, -0.15) is 0 Å². The zero-order valence-electron chi connectivity index (χ0n) is 10.2. The van der Waals surface area contributed by atoms with Crippen LogP contribution in [0.5, 0.6) is 0 Å². The lowest BCUT2D eigenvalue weighted by molar-refractivity contribution is -0.119. The number of hydrogen-bond donors (Lipinski definition) is 1. The zero-order chi connectivity index (χ0) is 12.7. The number of rotatable bonds is 5. The minimum atomic E-state index is -0.0494. The number of nitrogens with one attached hydrogen (secondary N) is 1. The minimum absolute atomic E-state index is 0.0494. The summed E-state index contributed by atoms with van der Waals surface area (Å²) in [7, 11) is 0. The highest BCUT2D eigenvalue weighted by Crippen LogP contribution is 2.11. The van der Waals surface area contributed by atoms with E-state index in [4.69, 9.17) is 0 Å². The van der Waals surface area contributed by atoms with Crippen molar-refractivity contribution in [1.82, 2.24) is 5.32 Å². The van der Waals surface area contributed by atoms with Crippen molar-refractivity contribution >= 4 is 17.8 Å². The molecule has 0 aromatic heterocycles. The van der Waals surface area contributed by atoms with E-state index in [0.717, 1.165) is 11.1 Å². The molecule has 90 valence electrons. The van der Waals surface area contributed by atoms with Gasteiger partial charge in [-0.3, -0.25) is 9.59 Å². The zero-order valence-corrected chi connectivity index (χ0v) is 10.2. The van der Waals surface area contributed by atoms with Gasteiger partial charge in [-0.25, -0.2) is 0 Å². The molecule has 0 atom stereocenters. The Balaban J connectivity index is 2.69. The molecule has 0 bridgehead atoms. The Bertz CT molecular complexity index is 436. The summed E-state index contributed by atoms with van der Waals surface area (Å²) in [6.45, 7) is 3.57. The number of benzene rings is 1. The molecule has 3 heteroatoms. The number of amides is 1. The lowest BCUT2D eigenvalue weighted by atomic mass is 10.0. The third-order valence-corrected chi connectivity index (χ3v) is 2.26. The van der Waals surface area contributed by atoms with Gasteiger partial charge in [0.25, 0.3) is 0 Å². The highest BCUT2D eigenvalue weighted by molar-refractivity contribution is 5.79. The molecule has 1 rings (SSSR count). The highest BCUT2D eigenvalue weighted by atomic mass is 16.1. The van der Waals surface area contributed by atoms with Crippen molar-refractivity contribution in [3.8, 4) is 0 Å². The van der Waals surface area contributed by atoms with Crippen LogP contribution < -0.4 is 5.32 Å². The van der Waals surface area contributed by atoms with Crippen LogP contribution in [0.25, 0.3) is 6.08 Å². The fourth-order valence-electron chi connectivity index (χ4n) is 1.51. The van der Waals surface area contributed by atoms with E-state index >= 15 is 0 Å².